The summed E-state index contributed by atoms with van der Waals surface area (Å²) >= 11 is 6.79. The molecule has 0 aliphatic heterocycles. The lowest BCUT2D eigenvalue weighted by Crippen LogP contribution is -2.28. The smallest absolute Gasteiger partial charge is 0.0836 e. The van der Waals surface area contributed by atoms with E-state index < -0.39 is 10.6 Å². The first kappa shape index (κ1) is 6.17. The highest BCUT2D eigenvalue weighted by atomic mass is 32.2. The van der Waals surface area contributed by atoms with E-state index in [0.717, 1.165) is 0 Å². The van der Waals surface area contributed by atoms with E-state index in [4.69, 9.17) is 0 Å². The van der Waals surface area contributed by atoms with E-state index in [1.807, 2.05) is 0 Å². The minimum atomic E-state index is -1.26. The van der Waals surface area contributed by atoms with Gasteiger partial charge in [0.1, 0.15) is 0 Å². The summed E-state index contributed by atoms with van der Waals surface area (Å²) in [4.78, 5) is 9.44. The molecular weight excluding hydrogens is 120 g/mol. The predicted octanol–water partition coefficient (Wildman–Crippen LogP) is -1.08. The van der Waals surface area contributed by atoms with Crippen LogP contribution in [0.3, 0.4) is 0 Å². The van der Waals surface area contributed by atoms with Crippen molar-refractivity contribution in [2.24, 2.45) is 0 Å². The van der Waals surface area contributed by atoms with Crippen molar-refractivity contribution in [2.45, 2.75) is 4.58 Å². The Hall–Kier alpha value is 0.170. The normalized spacial score (nSPS) is 9.17. The van der Waals surface area contributed by atoms with Crippen LogP contribution in [-0.2, 0) is 4.79 Å². The monoisotopic (exact) mass is 123 g/mol. The van der Waals surface area contributed by atoms with Crippen LogP contribution < -0.4 is 5.11 Å². The number of hydrogen-bond acceptors (Lipinski definition) is 4. The van der Waals surface area contributed by atoms with Crippen molar-refractivity contribution >= 4 is 31.2 Å². The van der Waals surface area contributed by atoms with Gasteiger partial charge in [0.05, 0.1) is 10.6 Å². The Morgan fingerprint density at radius 1 is 1.67 bits per heavy atom. The second-order valence-electron chi connectivity index (χ2n) is 0.693. The second-order valence-corrected chi connectivity index (χ2v) is 2.13. The van der Waals surface area contributed by atoms with E-state index in [-0.39, 0.29) is 0 Å². The zero-order valence-electron chi connectivity index (χ0n) is 2.79. The molecule has 36 valence electrons. The number of carboxylic acid groups (broad SMARTS) is 1. The molecule has 2 nitrogen and oxygen atoms in total. The molecule has 0 aromatic carbocycles. The summed E-state index contributed by atoms with van der Waals surface area (Å²) in [5.74, 6) is -1.26. The van der Waals surface area contributed by atoms with Gasteiger partial charge in [0.2, 0.25) is 0 Å². The zero-order valence-corrected chi connectivity index (χ0v) is 4.58. The maximum absolute atomic E-state index is 9.44. The van der Waals surface area contributed by atoms with Gasteiger partial charge in [-0.05, 0) is 0 Å². The number of rotatable bonds is 1. The molecule has 4 heteroatoms. The molecular formula is C2H3O2S2-. The van der Waals surface area contributed by atoms with E-state index >= 15 is 0 Å². The van der Waals surface area contributed by atoms with E-state index in [1.165, 1.54) is 0 Å². The summed E-state index contributed by atoms with van der Waals surface area (Å²) in [6.07, 6.45) is 0. The van der Waals surface area contributed by atoms with E-state index in [9.17, 15) is 9.90 Å². The molecule has 0 aliphatic carbocycles. The molecule has 0 aromatic rings. The Bertz CT molecular complexity index is 60.6. The standard InChI is InChI=1S/C2H4O2S2/c3-1(4)2(5)6/h2,5-6H,(H,3,4)/p-1. The highest BCUT2D eigenvalue weighted by molar-refractivity contribution is 8.00. The van der Waals surface area contributed by atoms with Crippen molar-refractivity contribution in [3.8, 4) is 0 Å². The van der Waals surface area contributed by atoms with Crippen molar-refractivity contribution in [2.75, 3.05) is 0 Å². The quantitative estimate of drug-likeness (QED) is 0.344. The fraction of sp³-hybridized carbons (Fsp3) is 0.500. The summed E-state index contributed by atoms with van der Waals surface area (Å²) in [6.45, 7) is 0. The first-order chi connectivity index (χ1) is 2.64. The Balaban J connectivity index is 3.26. The Morgan fingerprint density at radius 2 is 1.83 bits per heavy atom. The van der Waals surface area contributed by atoms with E-state index in [2.05, 4.69) is 25.3 Å². The van der Waals surface area contributed by atoms with Crippen molar-refractivity contribution in [3.63, 3.8) is 0 Å². The van der Waals surface area contributed by atoms with Crippen LogP contribution >= 0.6 is 25.3 Å². The maximum atomic E-state index is 9.44. The molecule has 0 unspecified atom stereocenters. The van der Waals surface area contributed by atoms with Gasteiger partial charge in [-0.2, -0.15) is 25.3 Å². The molecule has 0 amide bonds. The lowest BCUT2D eigenvalue weighted by molar-refractivity contribution is -0.302. The minimum Gasteiger partial charge on any atom is -0.548 e. The van der Waals surface area contributed by atoms with Crippen LogP contribution in [0.2, 0.25) is 0 Å². The van der Waals surface area contributed by atoms with Crippen molar-refractivity contribution in [3.05, 3.63) is 0 Å². The third-order valence-electron chi connectivity index (χ3n) is 0.211. The van der Waals surface area contributed by atoms with Gasteiger partial charge in [-0.1, -0.05) is 0 Å². The van der Waals surface area contributed by atoms with Gasteiger partial charge in [0.25, 0.3) is 0 Å². The average molecular weight is 123 g/mol. The number of aliphatic carboxylic acids is 1. The molecule has 0 fully saturated rings. The Morgan fingerprint density at radius 3 is 1.83 bits per heavy atom. The van der Waals surface area contributed by atoms with Gasteiger partial charge in [-0.25, -0.2) is 0 Å². The van der Waals surface area contributed by atoms with Gasteiger partial charge in [-0.15, -0.1) is 0 Å². The van der Waals surface area contributed by atoms with Crippen LogP contribution in [0.25, 0.3) is 0 Å². The van der Waals surface area contributed by atoms with Crippen LogP contribution in [0.5, 0.6) is 0 Å². The van der Waals surface area contributed by atoms with Gasteiger partial charge < -0.3 is 9.90 Å². The number of carbonyl (C=O) groups excluding carboxylic acids is 1. The van der Waals surface area contributed by atoms with Gasteiger partial charge in [-0.3, -0.25) is 0 Å². The molecule has 0 aliphatic rings. The molecule has 0 N–H and O–H groups in total. The topological polar surface area (TPSA) is 40.1 Å². The largest absolute Gasteiger partial charge is 0.548 e. The highest BCUT2D eigenvalue weighted by Gasteiger charge is 1.89. The summed E-state index contributed by atoms with van der Waals surface area (Å²) in [5, 5.41) is 9.44. The molecule has 0 spiro atoms. The molecule has 0 radical (unpaired) electrons. The van der Waals surface area contributed by atoms with Crippen molar-refractivity contribution < 1.29 is 9.90 Å². The summed E-state index contributed by atoms with van der Waals surface area (Å²) in [6, 6.07) is 0. The van der Waals surface area contributed by atoms with E-state index in [1.54, 1.807) is 0 Å². The lowest BCUT2D eigenvalue weighted by Gasteiger charge is -1.99. The summed E-state index contributed by atoms with van der Waals surface area (Å²) < 4.78 is -0.954. The molecule has 0 bridgehead atoms. The Kier molecular flexibility index (Phi) is 2.43. The average Bonchev–Trinajstić information content (AvgIpc) is 1.36. The van der Waals surface area contributed by atoms with Crippen molar-refractivity contribution in [1.29, 1.82) is 0 Å². The summed E-state index contributed by atoms with van der Waals surface area (Å²) in [7, 11) is 0. The first-order valence-electron chi connectivity index (χ1n) is 1.21. The second kappa shape index (κ2) is 2.36. The van der Waals surface area contributed by atoms with Crippen LogP contribution in [0.15, 0.2) is 0 Å². The molecule has 0 atom stereocenters. The summed E-state index contributed by atoms with van der Waals surface area (Å²) in [5.41, 5.74) is 0. The molecule has 0 heterocycles. The van der Waals surface area contributed by atoms with Gasteiger partial charge in [0.15, 0.2) is 0 Å². The number of carbonyl (C=O) groups is 1. The maximum Gasteiger partial charge on any atom is 0.0836 e. The zero-order chi connectivity index (χ0) is 5.15. The lowest BCUT2D eigenvalue weighted by atomic mass is 10.8. The molecule has 6 heavy (non-hydrogen) atoms. The third-order valence-corrected chi connectivity index (χ3v) is 0.632. The van der Waals surface area contributed by atoms with Crippen LogP contribution in [0.4, 0.5) is 0 Å². The third kappa shape index (κ3) is 2.41. The molecule has 0 saturated heterocycles. The number of thiol groups is 2. The van der Waals surface area contributed by atoms with Crippen molar-refractivity contribution in [1.82, 2.24) is 0 Å². The number of hydrogen-bond donors (Lipinski definition) is 2. The van der Waals surface area contributed by atoms with Gasteiger partial charge >= 0.3 is 0 Å². The molecule has 0 saturated carbocycles. The van der Waals surface area contributed by atoms with Gasteiger partial charge in [0, 0.05) is 0 Å². The van der Waals surface area contributed by atoms with E-state index in [0.29, 0.717) is 0 Å². The fourth-order valence-corrected chi connectivity index (χ4v) is 0. The minimum absolute atomic E-state index is 0.954. The van der Waals surface area contributed by atoms with Crippen LogP contribution in [-0.4, -0.2) is 10.6 Å². The Labute approximate surface area is 46.4 Å². The highest BCUT2D eigenvalue weighted by Crippen LogP contribution is 1.94. The van der Waals surface area contributed by atoms with Crippen LogP contribution in [0, 0.1) is 0 Å². The van der Waals surface area contributed by atoms with Crippen LogP contribution in [0.1, 0.15) is 0 Å². The fourth-order valence-electron chi connectivity index (χ4n) is 0. The predicted molar refractivity (Wildman–Crippen MR) is 26.8 cm³/mol. The molecule has 0 rings (SSSR count). The first-order valence-corrected chi connectivity index (χ1v) is 2.25. The SMILES string of the molecule is O=C([O-])C(S)S. The molecule has 0 aromatic heterocycles. The number of carboxylic acids is 1.